The van der Waals surface area contributed by atoms with E-state index in [2.05, 4.69) is 0 Å². The highest BCUT2D eigenvalue weighted by molar-refractivity contribution is 5.80. The Hall–Kier alpha value is -1.77. The highest BCUT2D eigenvalue weighted by Crippen LogP contribution is 2.22. The van der Waals surface area contributed by atoms with Crippen molar-refractivity contribution in [1.82, 2.24) is 0 Å². The van der Waals surface area contributed by atoms with Crippen molar-refractivity contribution in [2.75, 3.05) is 13.7 Å². The van der Waals surface area contributed by atoms with Gasteiger partial charge in [0.15, 0.2) is 6.29 Å². The van der Waals surface area contributed by atoms with E-state index in [9.17, 15) is 4.79 Å². The van der Waals surface area contributed by atoms with Crippen molar-refractivity contribution in [3.8, 4) is 11.5 Å². The quantitative estimate of drug-likeness (QED) is 0.565. The summed E-state index contributed by atoms with van der Waals surface area (Å²) in [6.07, 6.45) is 2.72. The molecule has 0 aromatic heterocycles. The zero-order chi connectivity index (χ0) is 12.0. The van der Waals surface area contributed by atoms with Crippen LogP contribution in [0.1, 0.15) is 24.2 Å². The predicted molar refractivity (Wildman–Crippen MR) is 63.3 cm³/mol. The summed E-state index contributed by atoms with van der Waals surface area (Å²) >= 11 is 0. The molecule has 16 heavy (non-hydrogen) atoms. The monoisotopic (exact) mass is 220 g/mol. The minimum atomic E-state index is 0.468. The lowest BCUT2D eigenvalue weighted by molar-refractivity contribution is 0.111. The Balaban J connectivity index is 2.79. The molecule has 3 nitrogen and oxygen atoms in total. The van der Waals surface area contributed by atoms with E-state index >= 15 is 0 Å². The van der Waals surface area contributed by atoms with Gasteiger partial charge in [0.05, 0.1) is 12.7 Å². The number of allylic oxidation sites excluding steroid dienone is 1. The molecule has 0 amide bonds. The van der Waals surface area contributed by atoms with Crippen LogP contribution in [0.5, 0.6) is 11.5 Å². The van der Waals surface area contributed by atoms with Crippen LogP contribution in [0, 0.1) is 0 Å². The average Bonchev–Trinajstić information content (AvgIpc) is 2.29. The fourth-order valence-corrected chi connectivity index (χ4v) is 1.18. The Morgan fingerprint density at radius 1 is 1.38 bits per heavy atom. The van der Waals surface area contributed by atoms with Gasteiger partial charge in [0, 0.05) is 0 Å². The molecule has 0 aliphatic carbocycles. The van der Waals surface area contributed by atoms with Gasteiger partial charge in [-0.2, -0.15) is 0 Å². The summed E-state index contributed by atoms with van der Waals surface area (Å²) in [5.74, 6) is 1.23. The number of carbonyl (C=O) groups is 1. The van der Waals surface area contributed by atoms with E-state index in [1.54, 1.807) is 25.3 Å². The summed E-state index contributed by atoms with van der Waals surface area (Å²) in [4.78, 5) is 10.8. The maximum absolute atomic E-state index is 10.8. The molecule has 0 atom stereocenters. The molecule has 0 heterocycles. The van der Waals surface area contributed by atoms with Crippen LogP contribution >= 0.6 is 0 Å². The van der Waals surface area contributed by atoms with Gasteiger partial charge >= 0.3 is 0 Å². The smallest absolute Gasteiger partial charge is 0.153 e. The Bertz CT molecular complexity index is 390. The molecule has 0 saturated carbocycles. The van der Waals surface area contributed by atoms with Gasteiger partial charge in [-0.3, -0.25) is 4.79 Å². The zero-order valence-corrected chi connectivity index (χ0v) is 9.82. The minimum absolute atomic E-state index is 0.468. The first-order chi connectivity index (χ1) is 7.67. The van der Waals surface area contributed by atoms with Crippen molar-refractivity contribution < 1.29 is 14.3 Å². The number of hydrogen-bond donors (Lipinski definition) is 0. The van der Waals surface area contributed by atoms with Crippen molar-refractivity contribution in [3.63, 3.8) is 0 Å². The fourth-order valence-electron chi connectivity index (χ4n) is 1.18. The molecule has 3 heteroatoms. The van der Waals surface area contributed by atoms with E-state index in [1.807, 2.05) is 19.9 Å². The molecule has 0 bridgehead atoms. The standard InChI is InChI=1S/C13H16O3/c1-10(2)6-7-16-13-5-4-12(15-3)8-11(13)9-14/h4-6,8-9H,7H2,1-3H3. The van der Waals surface area contributed by atoms with Crippen LogP contribution in [0.2, 0.25) is 0 Å². The molecule has 86 valence electrons. The first-order valence-corrected chi connectivity index (χ1v) is 5.06. The molecule has 0 spiro atoms. The number of hydrogen-bond acceptors (Lipinski definition) is 3. The van der Waals surface area contributed by atoms with E-state index in [-0.39, 0.29) is 0 Å². The van der Waals surface area contributed by atoms with Crippen LogP contribution in [0.25, 0.3) is 0 Å². The zero-order valence-electron chi connectivity index (χ0n) is 9.82. The van der Waals surface area contributed by atoms with Crippen molar-refractivity contribution in [3.05, 3.63) is 35.4 Å². The molecule has 0 aliphatic rings. The normalized spacial score (nSPS) is 9.44. The first-order valence-electron chi connectivity index (χ1n) is 5.06. The van der Waals surface area contributed by atoms with Gasteiger partial charge in [-0.25, -0.2) is 0 Å². The van der Waals surface area contributed by atoms with Crippen molar-refractivity contribution in [1.29, 1.82) is 0 Å². The number of methoxy groups -OCH3 is 1. The predicted octanol–water partition coefficient (Wildman–Crippen LogP) is 2.85. The van der Waals surface area contributed by atoms with Crippen LogP contribution in [-0.4, -0.2) is 20.0 Å². The maximum atomic E-state index is 10.8. The Morgan fingerprint density at radius 3 is 2.69 bits per heavy atom. The number of carbonyl (C=O) groups excluding carboxylic acids is 1. The van der Waals surface area contributed by atoms with Crippen LogP contribution in [0.15, 0.2) is 29.8 Å². The van der Waals surface area contributed by atoms with Crippen LogP contribution in [0.3, 0.4) is 0 Å². The summed E-state index contributed by atoms with van der Waals surface area (Å²) in [5.41, 5.74) is 1.68. The largest absolute Gasteiger partial charge is 0.497 e. The van der Waals surface area contributed by atoms with Gasteiger partial charge in [0.2, 0.25) is 0 Å². The van der Waals surface area contributed by atoms with Crippen LogP contribution < -0.4 is 9.47 Å². The number of benzene rings is 1. The summed E-state index contributed by atoms with van der Waals surface area (Å²) in [6.45, 7) is 4.46. The lowest BCUT2D eigenvalue weighted by Gasteiger charge is -2.08. The summed E-state index contributed by atoms with van der Waals surface area (Å²) in [7, 11) is 1.56. The summed E-state index contributed by atoms with van der Waals surface area (Å²) < 4.78 is 10.5. The van der Waals surface area contributed by atoms with Crippen molar-refractivity contribution >= 4 is 6.29 Å². The third kappa shape index (κ3) is 3.42. The molecule has 1 aromatic carbocycles. The number of ether oxygens (including phenoxy) is 2. The van der Waals surface area contributed by atoms with Crippen LogP contribution in [0.4, 0.5) is 0 Å². The second-order valence-electron chi connectivity index (χ2n) is 3.61. The fraction of sp³-hybridized carbons (Fsp3) is 0.308. The summed E-state index contributed by atoms with van der Waals surface area (Å²) in [6, 6.07) is 5.16. The van der Waals surface area contributed by atoms with E-state index in [0.717, 1.165) is 6.29 Å². The Morgan fingerprint density at radius 2 is 2.12 bits per heavy atom. The van der Waals surface area contributed by atoms with E-state index in [4.69, 9.17) is 9.47 Å². The minimum Gasteiger partial charge on any atom is -0.497 e. The molecular weight excluding hydrogens is 204 g/mol. The Labute approximate surface area is 95.7 Å². The van der Waals surface area contributed by atoms with Gasteiger partial charge < -0.3 is 9.47 Å². The number of aldehydes is 1. The van der Waals surface area contributed by atoms with Gasteiger partial charge in [-0.05, 0) is 38.1 Å². The second kappa shape index (κ2) is 5.95. The lowest BCUT2D eigenvalue weighted by Crippen LogP contribution is -1.98. The third-order valence-electron chi connectivity index (χ3n) is 2.07. The van der Waals surface area contributed by atoms with E-state index in [1.165, 1.54) is 5.57 Å². The van der Waals surface area contributed by atoms with Gasteiger partial charge in [-0.1, -0.05) is 5.57 Å². The number of rotatable bonds is 5. The molecule has 0 aliphatic heterocycles. The average molecular weight is 220 g/mol. The second-order valence-corrected chi connectivity index (χ2v) is 3.61. The molecule has 1 rings (SSSR count). The van der Waals surface area contributed by atoms with Gasteiger partial charge in [0.1, 0.15) is 18.1 Å². The van der Waals surface area contributed by atoms with Crippen molar-refractivity contribution in [2.45, 2.75) is 13.8 Å². The van der Waals surface area contributed by atoms with Gasteiger partial charge in [-0.15, -0.1) is 0 Å². The summed E-state index contributed by atoms with van der Waals surface area (Å²) in [5, 5.41) is 0. The maximum Gasteiger partial charge on any atom is 0.153 e. The van der Waals surface area contributed by atoms with Gasteiger partial charge in [0.25, 0.3) is 0 Å². The highest BCUT2D eigenvalue weighted by Gasteiger charge is 2.03. The molecule has 0 saturated heterocycles. The van der Waals surface area contributed by atoms with E-state index in [0.29, 0.717) is 23.7 Å². The van der Waals surface area contributed by atoms with Crippen LogP contribution in [-0.2, 0) is 0 Å². The molecule has 0 radical (unpaired) electrons. The van der Waals surface area contributed by atoms with Crippen molar-refractivity contribution in [2.24, 2.45) is 0 Å². The lowest BCUT2D eigenvalue weighted by atomic mass is 10.2. The Kier molecular flexibility index (Phi) is 4.58. The topological polar surface area (TPSA) is 35.5 Å². The molecular formula is C13H16O3. The SMILES string of the molecule is COc1ccc(OCC=C(C)C)c(C=O)c1. The molecule has 0 unspecified atom stereocenters. The first kappa shape index (κ1) is 12.3. The highest BCUT2D eigenvalue weighted by atomic mass is 16.5. The molecule has 0 N–H and O–H groups in total. The van der Waals surface area contributed by atoms with E-state index < -0.39 is 0 Å². The molecule has 1 aromatic rings. The molecule has 0 fully saturated rings. The third-order valence-corrected chi connectivity index (χ3v) is 2.07.